The SMILES string of the molecule is C=C(/C=C\C(C)=C/C)OC#N. The third-order valence-electron chi connectivity index (χ3n) is 1.16. The van der Waals surface area contributed by atoms with Crippen molar-refractivity contribution in [2.75, 3.05) is 0 Å². The summed E-state index contributed by atoms with van der Waals surface area (Å²) in [5.74, 6) is 0.355. The summed E-state index contributed by atoms with van der Waals surface area (Å²) < 4.78 is 4.43. The van der Waals surface area contributed by atoms with Gasteiger partial charge in [-0.1, -0.05) is 24.3 Å². The average Bonchev–Trinajstić information content (AvgIpc) is 2.01. The molecular formula is C9H11NO. The molecule has 0 aromatic rings. The fourth-order valence-corrected chi connectivity index (χ4v) is 0.413. The third kappa shape index (κ3) is 4.98. The van der Waals surface area contributed by atoms with Gasteiger partial charge in [0.25, 0.3) is 6.26 Å². The lowest BCUT2D eigenvalue weighted by molar-refractivity contribution is 0.395. The summed E-state index contributed by atoms with van der Waals surface area (Å²) in [6, 6.07) is 0. The van der Waals surface area contributed by atoms with Crippen molar-refractivity contribution in [3.8, 4) is 6.26 Å². The molecule has 0 heterocycles. The van der Waals surface area contributed by atoms with Gasteiger partial charge in [0.05, 0.1) is 0 Å². The van der Waals surface area contributed by atoms with Crippen LogP contribution in [0.3, 0.4) is 0 Å². The molecule has 0 radical (unpaired) electrons. The second kappa shape index (κ2) is 5.31. The van der Waals surface area contributed by atoms with Crippen LogP contribution in [0, 0.1) is 11.5 Å². The molecule has 0 saturated carbocycles. The van der Waals surface area contributed by atoms with E-state index in [9.17, 15) is 0 Å². The molecule has 0 aliphatic rings. The number of nitrogens with zero attached hydrogens (tertiary/aromatic N) is 1. The minimum Gasteiger partial charge on any atom is -0.389 e. The number of hydrogen-bond donors (Lipinski definition) is 0. The van der Waals surface area contributed by atoms with Gasteiger partial charge in [0.1, 0.15) is 5.76 Å². The molecule has 0 unspecified atom stereocenters. The quantitative estimate of drug-likeness (QED) is 0.351. The lowest BCUT2D eigenvalue weighted by atomic mass is 10.2. The monoisotopic (exact) mass is 149 g/mol. The second-order valence-corrected chi connectivity index (χ2v) is 2.03. The van der Waals surface area contributed by atoms with E-state index in [1.165, 1.54) is 6.26 Å². The van der Waals surface area contributed by atoms with Crippen molar-refractivity contribution >= 4 is 0 Å². The van der Waals surface area contributed by atoms with Crippen molar-refractivity contribution in [1.29, 1.82) is 5.26 Å². The maximum Gasteiger partial charge on any atom is 0.292 e. The van der Waals surface area contributed by atoms with Gasteiger partial charge in [0, 0.05) is 0 Å². The van der Waals surface area contributed by atoms with Crippen molar-refractivity contribution in [2.45, 2.75) is 13.8 Å². The Kier molecular flexibility index (Phi) is 4.59. The molecular weight excluding hydrogens is 138 g/mol. The Hall–Kier alpha value is -1.49. The van der Waals surface area contributed by atoms with E-state index in [1.54, 1.807) is 6.08 Å². The predicted molar refractivity (Wildman–Crippen MR) is 44.4 cm³/mol. The maximum absolute atomic E-state index is 8.08. The van der Waals surface area contributed by atoms with Gasteiger partial charge in [-0.2, -0.15) is 0 Å². The van der Waals surface area contributed by atoms with Gasteiger partial charge in [-0.15, -0.1) is 5.26 Å². The van der Waals surface area contributed by atoms with Gasteiger partial charge in [-0.05, 0) is 19.9 Å². The lowest BCUT2D eigenvalue weighted by Crippen LogP contribution is -1.76. The van der Waals surface area contributed by atoms with Crippen LogP contribution in [0.25, 0.3) is 0 Å². The molecule has 0 N–H and O–H groups in total. The van der Waals surface area contributed by atoms with Crippen LogP contribution >= 0.6 is 0 Å². The fourth-order valence-electron chi connectivity index (χ4n) is 0.413. The molecule has 0 aliphatic heterocycles. The average molecular weight is 149 g/mol. The Balaban J connectivity index is 3.95. The maximum atomic E-state index is 8.08. The second-order valence-electron chi connectivity index (χ2n) is 2.03. The molecule has 58 valence electrons. The van der Waals surface area contributed by atoms with Gasteiger partial charge in [0.15, 0.2) is 0 Å². The van der Waals surface area contributed by atoms with Gasteiger partial charge in [-0.25, -0.2) is 0 Å². The van der Waals surface area contributed by atoms with Crippen molar-refractivity contribution in [2.24, 2.45) is 0 Å². The molecule has 0 aromatic heterocycles. The molecule has 0 atom stereocenters. The summed E-state index contributed by atoms with van der Waals surface area (Å²) in [4.78, 5) is 0. The van der Waals surface area contributed by atoms with Crippen LogP contribution in [-0.2, 0) is 4.74 Å². The van der Waals surface area contributed by atoms with Crippen molar-refractivity contribution in [1.82, 2.24) is 0 Å². The minimum absolute atomic E-state index is 0.355. The van der Waals surface area contributed by atoms with E-state index in [4.69, 9.17) is 5.26 Å². The van der Waals surface area contributed by atoms with Gasteiger partial charge in [0.2, 0.25) is 0 Å². The van der Waals surface area contributed by atoms with E-state index in [-0.39, 0.29) is 0 Å². The normalized spacial score (nSPS) is 11.2. The molecule has 2 heteroatoms. The topological polar surface area (TPSA) is 33.0 Å². The zero-order valence-electron chi connectivity index (χ0n) is 6.79. The van der Waals surface area contributed by atoms with Gasteiger partial charge < -0.3 is 4.74 Å². The van der Waals surface area contributed by atoms with Crippen molar-refractivity contribution < 1.29 is 4.74 Å². The summed E-state index contributed by atoms with van der Waals surface area (Å²) in [6.45, 7) is 7.38. The van der Waals surface area contributed by atoms with Crippen LogP contribution in [0.5, 0.6) is 0 Å². The van der Waals surface area contributed by atoms with E-state index in [2.05, 4.69) is 11.3 Å². The number of allylic oxidation sites excluding steroid dienone is 4. The Morgan fingerprint density at radius 1 is 1.55 bits per heavy atom. The first-order chi connectivity index (χ1) is 5.20. The molecule has 0 fully saturated rings. The van der Waals surface area contributed by atoms with E-state index >= 15 is 0 Å². The molecule has 0 aliphatic carbocycles. The fraction of sp³-hybridized carbons (Fsp3) is 0.222. The van der Waals surface area contributed by atoms with Crippen LogP contribution < -0.4 is 0 Å². The minimum atomic E-state index is 0.355. The number of nitriles is 1. The van der Waals surface area contributed by atoms with Crippen LogP contribution in [0.15, 0.2) is 36.1 Å². The van der Waals surface area contributed by atoms with E-state index in [0.29, 0.717) is 5.76 Å². The van der Waals surface area contributed by atoms with Crippen LogP contribution in [0.4, 0.5) is 0 Å². The molecule has 0 rings (SSSR count). The first-order valence-electron chi connectivity index (χ1n) is 3.26. The predicted octanol–water partition coefficient (Wildman–Crippen LogP) is 2.52. The van der Waals surface area contributed by atoms with Crippen molar-refractivity contribution in [3.63, 3.8) is 0 Å². The summed E-state index contributed by atoms with van der Waals surface area (Å²) in [5.41, 5.74) is 1.10. The zero-order chi connectivity index (χ0) is 8.69. The molecule has 11 heavy (non-hydrogen) atoms. The zero-order valence-corrected chi connectivity index (χ0v) is 6.79. The smallest absolute Gasteiger partial charge is 0.292 e. The Morgan fingerprint density at radius 3 is 2.64 bits per heavy atom. The summed E-state index contributed by atoms with van der Waals surface area (Å²) in [5, 5.41) is 8.08. The highest BCUT2D eigenvalue weighted by molar-refractivity contribution is 5.21. The number of hydrogen-bond acceptors (Lipinski definition) is 2. The van der Waals surface area contributed by atoms with Gasteiger partial charge >= 0.3 is 0 Å². The molecule has 0 spiro atoms. The summed E-state index contributed by atoms with van der Waals surface area (Å²) >= 11 is 0. The number of ether oxygens (including phenoxy) is 1. The molecule has 0 amide bonds. The highest BCUT2D eigenvalue weighted by Gasteiger charge is 1.84. The number of rotatable bonds is 3. The Labute approximate surface area is 67.1 Å². The largest absolute Gasteiger partial charge is 0.389 e. The highest BCUT2D eigenvalue weighted by atomic mass is 16.5. The molecule has 0 aromatic carbocycles. The van der Waals surface area contributed by atoms with Crippen LogP contribution in [0.1, 0.15) is 13.8 Å². The third-order valence-corrected chi connectivity index (χ3v) is 1.16. The lowest BCUT2D eigenvalue weighted by Gasteiger charge is -1.91. The van der Waals surface area contributed by atoms with Gasteiger partial charge in [-0.3, -0.25) is 0 Å². The molecule has 0 saturated heterocycles. The molecule has 2 nitrogen and oxygen atoms in total. The first-order valence-corrected chi connectivity index (χ1v) is 3.26. The summed E-state index contributed by atoms with van der Waals surface area (Å²) in [6.07, 6.45) is 6.98. The van der Waals surface area contributed by atoms with E-state index in [0.717, 1.165) is 5.57 Å². The Morgan fingerprint density at radius 2 is 2.18 bits per heavy atom. The summed E-state index contributed by atoms with van der Waals surface area (Å²) in [7, 11) is 0. The molecule has 0 bridgehead atoms. The standard InChI is InChI=1S/C9H11NO/c1-4-8(2)5-6-9(3)11-7-10/h4-6H,3H2,1-2H3/b6-5-,8-4-. The van der Waals surface area contributed by atoms with Crippen LogP contribution in [-0.4, -0.2) is 0 Å². The first kappa shape index (κ1) is 9.51. The Bertz CT molecular complexity index is 230. The van der Waals surface area contributed by atoms with E-state index < -0.39 is 0 Å². The van der Waals surface area contributed by atoms with E-state index in [1.807, 2.05) is 26.0 Å². The van der Waals surface area contributed by atoms with Crippen molar-refractivity contribution in [3.05, 3.63) is 36.1 Å². The van der Waals surface area contributed by atoms with Crippen LogP contribution in [0.2, 0.25) is 0 Å². The highest BCUT2D eigenvalue weighted by Crippen LogP contribution is 1.99.